The first kappa shape index (κ1) is 14.8. The standard InChI is InChI=1S/C16H29N3/c1-3-11-18-16(13-17)10-9-15(12-16)19(4-2)14-7-5-6-8-14/h14-15,18H,3-12H2,1-2H3. The highest BCUT2D eigenvalue weighted by molar-refractivity contribution is 5.13. The fourth-order valence-electron chi connectivity index (χ4n) is 4.02. The summed E-state index contributed by atoms with van der Waals surface area (Å²) in [5, 5.41) is 13.1. The molecule has 2 unspecified atom stereocenters. The van der Waals surface area contributed by atoms with Crippen LogP contribution in [-0.4, -0.2) is 35.6 Å². The Morgan fingerprint density at radius 2 is 1.95 bits per heavy atom. The zero-order valence-corrected chi connectivity index (χ0v) is 12.6. The molecule has 3 heteroatoms. The van der Waals surface area contributed by atoms with Gasteiger partial charge in [0.05, 0.1) is 6.07 Å². The van der Waals surface area contributed by atoms with Crippen LogP contribution in [0.4, 0.5) is 0 Å². The predicted octanol–water partition coefficient (Wildman–Crippen LogP) is 3.07. The van der Waals surface area contributed by atoms with Gasteiger partial charge in [-0.2, -0.15) is 5.26 Å². The molecule has 0 aromatic heterocycles. The van der Waals surface area contributed by atoms with E-state index in [1.807, 2.05) is 0 Å². The van der Waals surface area contributed by atoms with Gasteiger partial charge in [-0.05, 0) is 51.6 Å². The van der Waals surface area contributed by atoms with E-state index >= 15 is 0 Å². The normalized spacial score (nSPS) is 32.0. The van der Waals surface area contributed by atoms with E-state index in [-0.39, 0.29) is 5.54 Å². The van der Waals surface area contributed by atoms with Gasteiger partial charge in [-0.3, -0.25) is 10.2 Å². The molecular formula is C16H29N3. The first-order valence-corrected chi connectivity index (χ1v) is 8.16. The minimum atomic E-state index is -0.243. The van der Waals surface area contributed by atoms with Gasteiger partial charge in [-0.15, -0.1) is 0 Å². The monoisotopic (exact) mass is 263 g/mol. The number of nitrogens with one attached hydrogen (secondary N) is 1. The summed E-state index contributed by atoms with van der Waals surface area (Å²) in [5.74, 6) is 0. The average Bonchev–Trinajstić information content (AvgIpc) is 3.08. The average molecular weight is 263 g/mol. The first-order valence-electron chi connectivity index (χ1n) is 8.16. The Labute approximate surface area is 118 Å². The molecule has 2 atom stereocenters. The Balaban J connectivity index is 1.96. The molecule has 2 aliphatic carbocycles. The molecule has 2 saturated carbocycles. The number of hydrogen-bond acceptors (Lipinski definition) is 3. The lowest BCUT2D eigenvalue weighted by atomic mass is 9.98. The second-order valence-electron chi connectivity index (χ2n) is 6.29. The molecule has 3 nitrogen and oxygen atoms in total. The van der Waals surface area contributed by atoms with E-state index in [1.165, 1.54) is 32.1 Å². The maximum atomic E-state index is 9.55. The predicted molar refractivity (Wildman–Crippen MR) is 78.9 cm³/mol. The number of hydrogen-bond donors (Lipinski definition) is 1. The summed E-state index contributed by atoms with van der Waals surface area (Å²) in [5.41, 5.74) is -0.243. The Kier molecular flexibility index (Phi) is 5.24. The molecule has 0 saturated heterocycles. The van der Waals surface area contributed by atoms with Crippen LogP contribution in [0.2, 0.25) is 0 Å². The topological polar surface area (TPSA) is 39.1 Å². The summed E-state index contributed by atoms with van der Waals surface area (Å²) < 4.78 is 0. The molecule has 0 amide bonds. The van der Waals surface area contributed by atoms with E-state index in [2.05, 4.69) is 30.1 Å². The summed E-state index contributed by atoms with van der Waals surface area (Å²) >= 11 is 0. The molecule has 2 fully saturated rings. The van der Waals surface area contributed by atoms with Crippen LogP contribution in [0.1, 0.15) is 65.2 Å². The highest BCUT2D eigenvalue weighted by Crippen LogP contribution is 2.36. The Bertz CT molecular complexity index is 316. The minimum Gasteiger partial charge on any atom is -0.299 e. The molecule has 19 heavy (non-hydrogen) atoms. The van der Waals surface area contributed by atoms with Crippen molar-refractivity contribution in [2.75, 3.05) is 13.1 Å². The van der Waals surface area contributed by atoms with E-state index in [0.717, 1.165) is 38.4 Å². The fraction of sp³-hybridized carbons (Fsp3) is 0.938. The van der Waals surface area contributed by atoms with E-state index in [9.17, 15) is 5.26 Å². The lowest BCUT2D eigenvalue weighted by Crippen LogP contribution is -2.46. The van der Waals surface area contributed by atoms with Crippen LogP contribution in [0, 0.1) is 11.3 Å². The molecule has 0 aromatic carbocycles. The van der Waals surface area contributed by atoms with Crippen LogP contribution in [-0.2, 0) is 0 Å². The third-order valence-electron chi connectivity index (χ3n) is 5.04. The molecule has 0 aromatic rings. The maximum absolute atomic E-state index is 9.55. The van der Waals surface area contributed by atoms with Crippen molar-refractivity contribution in [1.29, 1.82) is 5.26 Å². The molecule has 2 rings (SSSR count). The van der Waals surface area contributed by atoms with Crippen molar-refractivity contribution >= 4 is 0 Å². The van der Waals surface area contributed by atoms with Crippen LogP contribution in [0.25, 0.3) is 0 Å². The summed E-state index contributed by atoms with van der Waals surface area (Å²) in [6.07, 6.45) is 9.86. The highest BCUT2D eigenvalue weighted by Gasteiger charge is 2.42. The van der Waals surface area contributed by atoms with Crippen molar-refractivity contribution in [2.45, 2.75) is 82.8 Å². The molecule has 0 spiro atoms. The van der Waals surface area contributed by atoms with Crippen molar-refractivity contribution in [2.24, 2.45) is 0 Å². The van der Waals surface area contributed by atoms with Crippen LogP contribution in [0.15, 0.2) is 0 Å². The zero-order valence-electron chi connectivity index (χ0n) is 12.6. The van der Waals surface area contributed by atoms with Crippen molar-refractivity contribution in [1.82, 2.24) is 10.2 Å². The third-order valence-corrected chi connectivity index (χ3v) is 5.04. The SMILES string of the molecule is CCCNC1(C#N)CCC(N(CC)C2CCCC2)C1. The Morgan fingerprint density at radius 3 is 2.53 bits per heavy atom. The first-order chi connectivity index (χ1) is 9.24. The van der Waals surface area contributed by atoms with E-state index < -0.39 is 0 Å². The molecule has 0 bridgehead atoms. The van der Waals surface area contributed by atoms with Gasteiger partial charge in [-0.25, -0.2) is 0 Å². The van der Waals surface area contributed by atoms with Gasteiger partial charge in [0, 0.05) is 12.1 Å². The quantitative estimate of drug-likeness (QED) is 0.800. The molecular weight excluding hydrogens is 234 g/mol. The summed E-state index contributed by atoms with van der Waals surface area (Å²) in [4.78, 5) is 2.69. The molecule has 0 heterocycles. The van der Waals surface area contributed by atoms with Gasteiger partial charge in [0.2, 0.25) is 0 Å². The second-order valence-corrected chi connectivity index (χ2v) is 6.29. The van der Waals surface area contributed by atoms with Gasteiger partial charge in [0.1, 0.15) is 5.54 Å². The molecule has 0 radical (unpaired) electrons. The fourth-order valence-corrected chi connectivity index (χ4v) is 4.02. The Hall–Kier alpha value is -0.590. The minimum absolute atomic E-state index is 0.243. The van der Waals surface area contributed by atoms with Crippen molar-refractivity contribution < 1.29 is 0 Å². The Morgan fingerprint density at radius 1 is 1.21 bits per heavy atom. The van der Waals surface area contributed by atoms with Crippen molar-refractivity contribution in [3.05, 3.63) is 0 Å². The summed E-state index contributed by atoms with van der Waals surface area (Å²) in [7, 11) is 0. The molecule has 1 N–H and O–H groups in total. The van der Waals surface area contributed by atoms with Gasteiger partial charge in [0.15, 0.2) is 0 Å². The molecule has 108 valence electrons. The van der Waals surface area contributed by atoms with Crippen LogP contribution < -0.4 is 5.32 Å². The van der Waals surface area contributed by atoms with Gasteiger partial charge in [0.25, 0.3) is 0 Å². The van der Waals surface area contributed by atoms with Crippen LogP contribution in [0.3, 0.4) is 0 Å². The number of nitriles is 1. The smallest absolute Gasteiger partial charge is 0.108 e. The number of nitrogens with zero attached hydrogens (tertiary/aromatic N) is 2. The molecule has 2 aliphatic rings. The lowest BCUT2D eigenvalue weighted by Gasteiger charge is -2.34. The van der Waals surface area contributed by atoms with Crippen molar-refractivity contribution in [3.63, 3.8) is 0 Å². The second kappa shape index (κ2) is 6.72. The zero-order chi connectivity index (χ0) is 13.7. The summed E-state index contributed by atoms with van der Waals surface area (Å²) in [6, 6.07) is 3.98. The van der Waals surface area contributed by atoms with Crippen molar-refractivity contribution in [3.8, 4) is 6.07 Å². The third kappa shape index (κ3) is 3.30. The maximum Gasteiger partial charge on any atom is 0.108 e. The van der Waals surface area contributed by atoms with Crippen LogP contribution >= 0.6 is 0 Å². The van der Waals surface area contributed by atoms with E-state index in [1.54, 1.807) is 0 Å². The van der Waals surface area contributed by atoms with E-state index in [0.29, 0.717) is 6.04 Å². The van der Waals surface area contributed by atoms with Gasteiger partial charge >= 0.3 is 0 Å². The molecule has 0 aliphatic heterocycles. The lowest BCUT2D eigenvalue weighted by molar-refractivity contribution is 0.141. The van der Waals surface area contributed by atoms with E-state index in [4.69, 9.17) is 0 Å². The summed E-state index contributed by atoms with van der Waals surface area (Å²) in [6.45, 7) is 6.56. The van der Waals surface area contributed by atoms with Crippen LogP contribution in [0.5, 0.6) is 0 Å². The largest absolute Gasteiger partial charge is 0.299 e. The highest BCUT2D eigenvalue weighted by atomic mass is 15.2. The number of rotatable bonds is 6. The van der Waals surface area contributed by atoms with Gasteiger partial charge in [-0.1, -0.05) is 26.7 Å². The van der Waals surface area contributed by atoms with Gasteiger partial charge < -0.3 is 0 Å².